The summed E-state index contributed by atoms with van der Waals surface area (Å²) >= 11 is 0. The number of rotatable bonds is 5. The molecule has 1 saturated heterocycles. The van der Waals surface area contributed by atoms with Gasteiger partial charge >= 0.3 is 0 Å². The van der Waals surface area contributed by atoms with Crippen LogP contribution in [0.3, 0.4) is 0 Å². The van der Waals surface area contributed by atoms with Gasteiger partial charge in [-0.2, -0.15) is 0 Å². The lowest BCUT2D eigenvalue weighted by atomic mass is 9.91. The number of carbonyl (C=O) groups is 2. The van der Waals surface area contributed by atoms with Crippen molar-refractivity contribution in [1.29, 1.82) is 0 Å². The molecule has 1 aliphatic rings. The molecule has 0 spiro atoms. The number of aryl methyl sites for hydroxylation is 2. The summed E-state index contributed by atoms with van der Waals surface area (Å²) < 4.78 is 5.21. The van der Waals surface area contributed by atoms with Crippen molar-refractivity contribution in [3.05, 3.63) is 77.2 Å². The fourth-order valence-corrected chi connectivity index (χ4v) is 4.51. The third-order valence-electron chi connectivity index (χ3n) is 6.23. The Morgan fingerprint density at radius 3 is 2.47 bits per heavy atom. The second-order valence-corrected chi connectivity index (χ2v) is 8.29. The van der Waals surface area contributed by atoms with Crippen molar-refractivity contribution in [2.75, 3.05) is 26.2 Å². The summed E-state index contributed by atoms with van der Waals surface area (Å²) in [6.45, 7) is 7.55. The van der Waals surface area contributed by atoms with E-state index in [1.54, 1.807) is 18.7 Å². The normalized spacial score (nSPS) is 16.8. The van der Waals surface area contributed by atoms with Crippen LogP contribution in [0.15, 0.2) is 59.1 Å². The fraction of sp³-hybridized carbons (Fsp3) is 0.346. The first kappa shape index (κ1) is 21.8. The van der Waals surface area contributed by atoms with Crippen LogP contribution in [0.5, 0.6) is 0 Å². The quantitative estimate of drug-likeness (QED) is 0.609. The van der Waals surface area contributed by atoms with Gasteiger partial charge in [0.15, 0.2) is 0 Å². The highest BCUT2D eigenvalue weighted by molar-refractivity contribution is 5.96. The van der Waals surface area contributed by atoms with Crippen LogP contribution in [-0.4, -0.2) is 52.9 Å². The first-order chi connectivity index (χ1) is 15.5. The number of hydrogen-bond acceptors (Lipinski definition) is 4. The lowest BCUT2D eigenvalue weighted by Crippen LogP contribution is -2.38. The van der Waals surface area contributed by atoms with E-state index < -0.39 is 0 Å². The molecule has 0 aliphatic carbocycles. The molecule has 1 fully saturated rings. The second-order valence-electron chi connectivity index (χ2n) is 8.29. The van der Waals surface area contributed by atoms with E-state index in [0.717, 1.165) is 16.7 Å². The summed E-state index contributed by atoms with van der Waals surface area (Å²) in [6.07, 6.45) is 0.575. The lowest BCUT2D eigenvalue weighted by Gasteiger charge is -2.24. The number of hydrogen-bond donors (Lipinski definition) is 0. The first-order valence-corrected chi connectivity index (χ1v) is 11.1. The summed E-state index contributed by atoms with van der Waals surface area (Å²) in [4.78, 5) is 30.4. The van der Waals surface area contributed by atoms with Gasteiger partial charge in [0, 0.05) is 26.2 Å². The molecular weight excluding hydrogens is 402 g/mol. The zero-order valence-corrected chi connectivity index (χ0v) is 18.9. The number of benzene rings is 2. The van der Waals surface area contributed by atoms with E-state index in [-0.39, 0.29) is 17.7 Å². The van der Waals surface area contributed by atoms with E-state index in [1.165, 1.54) is 0 Å². The highest BCUT2D eigenvalue weighted by Gasteiger charge is 2.34. The predicted octanol–water partition coefficient (Wildman–Crippen LogP) is 4.12. The Balaban J connectivity index is 1.65. The average Bonchev–Trinajstić information content (AvgIpc) is 3.06. The summed E-state index contributed by atoms with van der Waals surface area (Å²) in [5, 5.41) is 3.93. The molecule has 1 aliphatic heterocycles. The van der Waals surface area contributed by atoms with Gasteiger partial charge in [-0.15, -0.1) is 0 Å². The average molecular weight is 432 g/mol. The number of nitrogens with zero attached hydrogens (tertiary/aromatic N) is 3. The highest BCUT2D eigenvalue weighted by atomic mass is 16.5. The third kappa shape index (κ3) is 4.31. The summed E-state index contributed by atoms with van der Waals surface area (Å²) in [5.41, 5.74) is 4.45. The Morgan fingerprint density at radius 1 is 1.06 bits per heavy atom. The predicted molar refractivity (Wildman–Crippen MR) is 123 cm³/mol. The van der Waals surface area contributed by atoms with E-state index >= 15 is 0 Å². The molecule has 0 saturated carbocycles. The maximum absolute atomic E-state index is 13.4. The van der Waals surface area contributed by atoms with Crippen LogP contribution >= 0.6 is 0 Å². The van der Waals surface area contributed by atoms with E-state index in [0.29, 0.717) is 49.6 Å². The number of aromatic nitrogens is 1. The summed E-state index contributed by atoms with van der Waals surface area (Å²) in [6, 6.07) is 18.4. The fourth-order valence-electron chi connectivity index (χ4n) is 4.51. The first-order valence-electron chi connectivity index (χ1n) is 11.1. The van der Waals surface area contributed by atoms with Crippen molar-refractivity contribution in [2.24, 2.45) is 5.92 Å². The van der Waals surface area contributed by atoms with Crippen LogP contribution in [0, 0.1) is 19.8 Å². The molecular formula is C26H29N3O3. The van der Waals surface area contributed by atoms with Crippen LogP contribution in [0.4, 0.5) is 0 Å². The summed E-state index contributed by atoms with van der Waals surface area (Å²) in [7, 11) is 0. The van der Waals surface area contributed by atoms with Crippen LogP contribution in [-0.2, 0) is 11.2 Å². The largest absolute Gasteiger partial charge is 0.361 e. The van der Waals surface area contributed by atoms with E-state index in [9.17, 15) is 9.59 Å². The highest BCUT2D eigenvalue weighted by Crippen LogP contribution is 2.28. The molecule has 1 atom stereocenters. The summed E-state index contributed by atoms with van der Waals surface area (Å²) in [5.74, 6) is 0.186. The van der Waals surface area contributed by atoms with Crippen molar-refractivity contribution in [3.63, 3.8) is 0 Å². The third-order valence-corrected chi connectivity index (χ3v) is 6.23. The topological polar surface area (TPSA) is 66.7 Å². The van der Waals surface area contributed by atoms with Gasteiger partial charge in [-0.25, -0.2) is 0 Å². The molecule has 0 bridgehead atoms. The molecule has 166 valence electrons. The Morgan fingerprint density at radius 2 is 1.78 bits per heavy atom. The monoisotopic (exact) mass is 431 g/mol. The smallest absolute Gasteiger partial charge is 0.259 e. The molecule has 3 aromatic rings. The SMILES string of the molecule is CCN1CCN(C(=O)c2c(C)noc2C)CC(Cc2ccccc2-c2ccccc2)C1=O. The maximum atomic E-state index is 13.4. The molecule has 1 unspecified atom stereocenters. The van der Waals surface area contributed by atoms with Gasteiger partial charge in [-0.05, 0) is 43.9 Å². The Labute approximate surface area is 188 Å². The van der Waals surface area contributed by atoms with Gasteiger partial charge in [0.25, 0.3) is 5.91 Å². The molecule has 1 aromatic heterocycles. The molecule has 32 heavy (non-hydrogen) atoms. The zero-order chi connectivity index (χ0) is 22.7. The minimum Gasteiger partial charge on any atom is -0.361 e. The zero-order valence-electron chi connectivity index (χ0n) is 18.9. The second kappa shape index (κ2) is 9.39. The van der Waals surface area contributed by atoms with Crippen molar-refractivity contribution in [1.82, 2.24) is 15.0 Å². The molecule has 4 rings (SSSR count). The van der Waals surface area contributed by atoms with Gasteiger partial charge in [-0.3, -0.25) is 9.59 Å². The van der Waals surface area contributed by atoms with Gasteiger partial charge < -0.3 is 14.3 Å². The van der Waals surface area contributed by atoms with Crippen LogP contribution in [0.1, 0.15) is 34.3 Å². The van der Waals surface area contributed by atoms with Crippen molar-refractivity contribution >= 4 is 11.8 Å². The molecule has 0 N–H and O–H groups in total. The van der Waals surface area contributed by atoms with Crippen LogP contribution in [0.2, 0.25) is 0 Å². The number of likely N-dealkylation sites (N-methyl/N-ethyl adjacent to an activating group) is 1. The number of amides is 2. The molecule has 6 nitrogen and oxygen atoms in total. The Bertz CT molecular complexity index is 1090. The van der Waals surface area contributed by atoms with Gasteiger partial charge in [0.1, 0.15) is 11.3 Å². The molecule has 0 radical (unpaired) electrons. The van der Waals surface area contributed by atoms with Gasteiger partial charge in [-0.1, -0.05) is 59.8 Å². The van der Waals surface area contributed by atoms with Crippen molar-refractivity contribution < 1.29 is 14.1 Å². The van der Waals surface area contributed by atoms with E-state index in [2.05, 4.69) is 29.4 Å². The Hall–Kier alpha value is -3.41. The Kier molecular flexibility index (Phi) is 6.40. The molecule has 2 aromatic carbocycles. The van der Waals surface area contributed by atoms with Crippen LogP contribution < -0.4 is 0 Å². The minimum atomic E-state index is -0.313. The standard InChI is InChI=1S/C26H29N3O3/c1-4-28-14-15-29(26(31)24-18(2)27-32-19(24)3)17-22(25(28)30)16-21-12-8-9-13-23(21)20-10-6-5-7-11-20/h5-13,22H,4,14-17H2,1-3H3. The van der Waals surface area contributed by atoms with Crippen LogP contribution in [0.25, 0.3) is 11.1 Å². The number of carbonyl (C=O) groups excluding carboxylic acids is 2. The van der Waals surface area contributed by atoms with Crippen molar-refractivity contribution in [2.45, 2.75) is 27.2 Å². The van der Waals surface area contributed by atoms with E-state index in [4.69, 9.17) is 4.52 Å². The molecule has 2 amide bonds. The maximum Gasteiger partial charge on any atom is 0.259 e. The van der Waals surface area contributed by atoms with Crippen molar-refractivity contribution in [3.8, 4) is 11.1 Å². The van der Waals surface area contributed by atoms with E-state index in [1.807, 2.05) is 42.2 Å². The van der Waals surface area contributed by atoms with Gasteiger partial charge in [0.05, 0.1) is 11.6 Å². The molecule has 6 heteroatoms. The molecule has 2 heterocycles. The van der Waals surface area contributed by atoms with Gasteiger partial charge in [0.2, 0.25) is 5.91 Å². The minimum absolute atomic E-state index is 0.101. The lowest BCUT2D eigenvalue weighted by molar-refractivity contribution is -0.134.